The number of amides is 1. The summed E-state index contributed by atoms with van der Waals surface area (Å²) < 4.78 is 56.4. The Morgan fingerprint density at radius 3 is 2.46 bits per heavy atom. The monoisotopic (exact) mass is 397 g/mol. The predicted molar refractivity (Wildman–Crippen MR) is 94.9 cm³/mol. The zero-order valence-corrected chi connectivity index (χ0v) is 15.1. The van der Waals surface area contributed by atoms with Gasteiger partial charge in [-0.05, 0) is 43.2 Å². The van der Waals surface area contributed by atoms with Crippen LogP contribution < -0.4 is 15.0 Å². The smallest absolute Gasteiger partial charge is 0.417 e. The second-order valence-electron chi connectivity index (χ2n) is 6.49. The Bertz CT molecular complexity index is 832. The van der Waals surface area contributed by atoms with E-state index < -0.39 is 17.6 Å². The third kappa shape index (κ3) is 4.52. The molecule has 2 aromatic rings. The molecule has 0 unspecified atom stereocenters. The van der Waals surface area contributed by atoms with E-state index in [1.54, 1.807) is 0 Å². The van der Waals surface area contributed by atoms with E-state index >= 15 is 0 Å². The fourth-order valence-electron chi connectivity index (χ4n) is 3.07. The minimum absolute atomic E-state index is 0.0638. The van der Waals surface area contributed by atoms with Gasteiger partial charge in [-0.15, -0.1) is 0 Å². The van der Waals surface area contributed by atoms with Crippen LogP contribution in [-0.4, -0.2) is 37.1 Å². The van der Waals surface area contributed by atoms with Crippen molar-refractivity contribution in [3.8, 4) is 5.75 Å². The first kappa shape index (κ1) is 19.9. The van der Waals surface area contributed by atoms with Gasteiger partial charge in [0.25, 0.3) is 5.91 Å². The Balaban J connectivity index is 1.55. The Kier molecular flexibility index (Phi) is 5.71. The minimum atomic E-state index is -4.41. The first-order chi connectivity index (χ1) is 13.3. The van der Waals surface area contributed by atoms with Gasteiger partial charge in [-0.25, -0.2) is 9.37 Å². The topological polar surface area (TPSA) is 54.5 Å². The standard InChI is InChI=1S/C19H19F4N3O2/c1-28-16-4-2-12(10-15(16)20)18(27)25-14-6-8-26(9-7-14)17-5-3-13(11-24-17)19(21,22)23/h2-5,10-11,14H,6-9H2,1H3,(H,25,27). The number of halogens is 4. The van der Waals surface area contributed by atoms with Crippen LogP contribution in [0.4, 0.5) is 23.4 Å². The molecule has 0 atom stereocenters. The molecule has 0 saturated carbocycles. The molecule has 1 amide bonds. The number of ether oxygens (including phenoxy) is 1. The molecule has 0 radical (unpaired) electrons. The van der Waals surface area contributed by atoms with E-state index in [-0.39, 0.29) is 23.3 Å². The fraction of sp³-hybridized carbons (Fsp3) is 0.368. The molecule has 2 heterocycles. The summed E-state index contributed by atoms with van der Waals surface area (Å²) in [5.74, 6) is -0.463. The highest BCUT2D eigenvalue weighted by Gasteiger charge is 2.31. The van der Waals surface area contributed by atoms with Crippen molar-refractivity contribution >= 4 is 11.7 Å². The van der Waals surface area contributed by atoms with E-state index in [1.807, 2.05) is 4.90 Å². The van der Waals surface area contributed by atoms with Crippen LogP contribution in [0.15, 0.2) is 36.5 Å². The lowest BCUT2D eigenvalue weighted by molar-refractivity contribution is -0.137. The number of pyridine rings is 1. The highest BCUT2D eigenvalue weighted by Crippen LogP contribution is 2.29. The molecule has 9 heteroatoms. The van der Waals surface area contributed by atoms with Gasteiger partial charge < -0.3 is 15.0 Å². The number of piperidine rings is 1. The molecular weight excluding hydrogens is 378 g/mol. The van der Waals surface area contributed by atoms with E-state index in [9.17, 15) is 22.4 Å². The molecule has 28 heavy (non-hydrogen) atoms. The Morgan fingerprint density at radius 2 is 1.93 bits per heavy atom. The van der Waals surface area contributed by atoms with Gasteiger partial charge in [0, 0.05) is 30.9 Å². The van der Waals surface area contributed by atoms with Crippen molar-refractivity contribution in [2.24, 2.45) is 0 Å². The summed E-state index contributed by atoms with van der Waals surface area (Å²) in [6.45, 7) is 1.08. The van der Waals surface area contributed by atoms with Crippen LogP contribution in [0.5, 0.6) is 5.75 Å². The highest BCUT2D eigenvalue weighted by molar-refractivity contribution is 5.94. The van der Waals surface area contributed by atoms with Crippen LogP contribution in [-0.2, 0) is 6.18 Å². The zero-order chi connectivity index (χ0) is 20.3. The summed E-state index contributed by atoms with van der Waals surface area (Å²) in [4.78, 5) is 18.1. The largest absolute Gasteiger partial charge is 0.494 e. The zero-order valence-electron chi connectivity index (χ0n) is 15.1. The lowest BCUT2D eigenvalue weighted by Gasteiger charge is -2.33. The van der Waals surface area contributed by atoms with Crippen LogP contribution >= 0.6 is 0 Å². The number of aromatic nitrogens is 1. The lowest BCUT2D eigenvalue weighted by Crippen LogP contribution is -2.45. The average molecular weight is 397 g/mol. The third-order valence-corrected chi connectivity index (χ3v) is 4.64. The summed E-state index contributed by atoms with van der Waals surface area (Å²) in [5, 5.41) is 2.86. The van der Waals surface area contributed by atoms with Crippen LogP contribution in [0.2, 0.25) is 0 Å². The first-order valence-electron chi connectivity index (χ1n) is 8.70. The average Bonchev–Trinajstić information content (AvgIpc) is 2.68. The van der Waals surface area contributed by atoms with Crippen molar-refractivity contribution in [3.63, 3.8) is 0 Å². The second kappa shape index (κ2) is 8.04. The number of methoxy groups -OCH3 is 1. The first-order valence-corrected chi connectivity index (χ1v) is 8.70. The molecular formula is C19H19F4N3O2. The predicted octanol–water partition coefficient (Wildman–Crippen LogP) is 3.65. The Morgan fingerprint density at radius 1 is 1.21 bits per heavy atom. The van der Waals surface area contributed by atoms with Gasteiger partial charge in [0.05, 0.1) is 12.7 Å². The van der Waals surface area contributed by atoms with Gasteiger partial charge in [-0.2, -0.15) is 13.2 Å². The Hall–Kier alpha value is -2.84. The van der Waals surface area contributed by atoms with Gasteiger partial charge >= 0.3 is 6.18 Å². The maximum Gasteiger partial charge on any atom is 0.417 e. The highest BCUT2D eigenvalue weighted by atomic mass is 19.4. The van der Waals surface area contributed by atoms with E-state index in [0.29, 0.717) is 31.7 Å². The fourth-order valence-corrected chi connectivity index (χ4v) is 3.07. The second-order valence-corrected chi connectivity index (χ2v) is 6.49. The summed E-state index contributed by atoms with van der Waals surface area (Å²) in [6, 6.07) is 6.25. The molecule has 1 aromatic carbocycles. The van der Waals surface area contributed by atoms with Crippen molar-refractivity contribution in [2.45, 2.75) is 25.1 Å². The van der Waals surface area contributed by atoms with Crippen molar-refractivity contribution in [3.05, 3.63) is 53.5 Å². The molecule has 5 nitrogen and oxygen atoms in total. The molecule has 1 aliphatic heterocycles. The van der Waals surface area contributed by atoms with Crippen LogP contribution in [0, 0.1) is 5.82 Å². The molecule has 1 saturated heterocycles. The summed E-state index contributed by atoms with van der Waals surface area (Å²) >= 11 is 0. The number of benzene rings is 1. The SMILES string of the molecule is COc1ccc(C(=O)NC2CCN(c3ccc(C(F)(F)F)cn3)CC2)cc1F. The normalized spacial score (nSPS) is 15.4. The maximum atomic E-state index is 13.7. The van der Waals surface area contributed by atoms with Gasteiger partial charge in [-0.3, -0.25) is 4.79 Å². The molecule has 1 N–H and O–H groups in total. The maximum absolute atomic E-state index is 13.7. The van der Waals surface area contributed by atoms with Gasteiger partial charge in [0.2, 0.25) is 0 Å². The molecule has 1 aliphatic rings. The number of hydrogen-bond donors (Lipinski definition) is 1. The van der Waals surface area contributed by atoms with Crippen LogP contribution in [0.3, 0.4) is 0 Å². The number of anilines is 1. The van der Waals surface area contributed by atoms with E-state index in [1.165, 1.54) is 25.3 Å². The minimum Gasteiger partial charge on any atom is -0.494 e. The number of hydrogen-bond acceptors (Lipinski definition) is 4. The van der Waals surface area contributed by atoms with E-state index in [4.69, 9.17) is 4.74 Å². The van der Waals surface area contributed by atoms with E-state index in [0.717, 1.165) is 18.3 Å². The Labute approximate surface area is 159 Å². The van der Waals surface area contributed by atoms with Gasteiger partial charge in [0.15, 0.2) is 11.6 Å². The number of carbonyl (C=O) groups is 1. The number of rotatable bonds is 4. The molecule has 0 bridgehead atoms. The summed E-state index contributed by atoms with van der Waals surface area (Å²) in [5.41, 5.74) is -0.588. The van der Waals surface area contributed by atoms with Gasteiger partial charge in [0.1, 0.15) is 5.82 Å². The van der Waals surface area contributed by atoms with Crippen LogP contribution in [0.25, 0.3) is 0 Å². The molecule has 1 fully saturated rings. The lowest BCUT2D eigenvalue weighted by atomic mass is 10.0. The van der Waals surface area contributed by atoms with Crippen molar-refractivity contribution in [1.29, 1.82) is 0 Å². The molecule has 0 spiro atoms. The van der Waals surface area contributed by atoms with Crippen LogP contribution in [0.1, 0.15) is 28.8 Å². The summed E-state index contributed by atoms with van der Waals surface area (Å²) in [7, 11) is 1.34. The molecule has 0 aliphatic carbocycles. The number of nitrogens with zero attached hydrogens (tertiary/aromatic N) is 2. The molecule has 3 rings (SSSR count). The number of carbonyl (C=O) groups excluding carboxylic acids is 1. The number of alkyl halides is 3. The van der Waals surface area contributed by atoms with Crippen molar-refractivity contribution in [1.82, 2.24) is 10.3 Å². The van der Waals surface area contributed by atoms with Gasteiger partial charge in [-0.1, -0.05) is 0 Å². The molecule has 150 valence electrons. The number of nitrogens with one attached hydrogen (secondary N) is 1. The van der Waals surface area contributed by atoms with E-state index in [2.05, 4.69) is 10.3 Å². The van der Waals surface area contributed by atoms with Crippen molar-refractivity contribution < 1.29 is 27.1 Å². The third-order valence-electron chi connectivity index (χ3n) is 4.64. The van der Waals surface area contributed by atoms with Crippen molar-refractivity contribution in [2.75, 3.05) is 25.1 Å². The quantitative estimate of drug-likeness (QED) is 0.801. The molecule has 1 aromatic heterocycles. The summed E-state index contributed by atoms with van der Waals surface area (Å²) in [6.07, 6.45) is -2.38.